The summed E-state index contributed by atoms with van der Waals surface area (Å²) in [5.74, 6) is -0.521. The van der Waals surface area contributed by atoms with Crippen molar-refractivity contribution in [3.8, 4) is 0 Å². The molecular weight excluding hydrogens is 306 g/mol. The molecule has 1 amide bonds. The largest absolute Gasteiger partial charge is 0.465 e. The molecule has 1 saturated heterocycles. The molecule has 1 aliphatic heterocycles. The molecule has 3 N–H and O–H groups in total. The molecule has 3 rings (SSSR count). The van der Waals surface area contributed by atoms with Gasteiger partial charge in [-0.15, -0.1) is 0 Å². The summed E-state index contributed by atoms with van der Waals surface area (Å²) < 4.78 is 4.65. The van der Waals surface area contributed by atoms with E-state index in [9.17, 15) is 9.59 Å². The number of esters is 1. The highest BCUT2D eigenvalue weighted by Crippen LogP contribution is 2.22. The van der Waals surface area contributed by atoms with E-state index in [-0.39, 0.29) is 18.0 Å². The lowest BCUT2D eigenvalue weighted by molar-refractivity contribution is -0.117. The number of benzene rings is 2. The number of hydrogen-bond donors (Lipinski definition) is 3. The highest BCUT2D eigenvalue weighted by molar-refractivity contribution is 5.96. The minimum absolute atomic E-state index is 0.101. The van der Waals surface area contributed by atoms with Gasteiger partial charge in [0.1, 0.15) is 6.04 Å². The Labute approximate surface area is 140 Å². The summed E-state index contributed by atoms with van der Waals surface area (Å²) in [6.45, 7) is 0. The van der Waals surface area contributed by atoms with Gasteiger partial charge in [-0.3, -0.25) is 4.79 Å². The van der Waals surface area contributed by atoms with Gasteiger partial charge in [0.25, 0.3) is 0 Å². The summed E-state index contributed by atoms with van der Waals surface area (Å²) in [5, 5.41) is 2.85. The van der Waals surface area contributed by atoms with E-state index in [4.69, 9.17) is 0 Å². The lowest BCUT2D eigenvalue weighted by Crippen LogP contribution is -2.39. The van der Waals surface area contributed by atoms with Crippen molar-refractivity contribution in [1.29, 1.82) is 0 Å². The maximum Gasteiger partial charge on any atom is 0.337 e. The van der Waals surface area contributed by atoms with Crippen LogP contribution < -0.4 is 16.2 Å². The van der Waals surface area contributed by atoms with Gasteiger partial charge < -0.3 is 10.1 Å². The molecule has 0 spiro atoms. The lowest BCUT2D eigenvalue weighted by Gasteiger charge is -2.11. The van der Waals surface area contributed by atoms with Crippen molar-refractivity contribution < 1.29 is 14.3 Å². The SMILES string of the molecule is COC(=O)c1ccc(NC(=O)C2CC(c3ccccc3)NN2)cc1. The first kappa shape index (κ1) is 16.2. The van der Waals surface area contributed by atoms with Crippen molar-refractivity contribution in [2.45, 2.75) is 18.5 Å². The van der Waals surface area contributed by atoms with Crippen LogP contribution in [0.25, 0.3) is 0 Å². The summed E-state index contributed by atoms with van der Waals surface area (Å²) in [5.41, 5.74) is 8.40. The first-order valence-electron chi connectivity index (χ1n) is 7.72. The molecule has 2 atom stereocenters. The standard InChI is InChI=1S/C18H19N3O3/c1-24-18(23)13-7-9-14(10-8-13)19-17(22)16-11-15(20-21-16)12-5-3-2-4-6-12/h2-10,15-16,20-21H,11H2,1H3,(H,19,22). The van der Waals surface area contributed by atoms with Crippen molar-refractivity contribution >= 4 is 17.6 Å². The van der Waals surface area contributed by atoms with E-state index in [1.54, 1.807) is 24.3 Å². The van der Waals surface area contributed by atoms with E-state index in [1.807, 2.05) is 30.3 Å². The molecule has 0 aliphatic carbocycles. The van der Waals surface area contributed by atoms with Crippen LogP contribution in [-0.2, 0) is 9.53 Å². The minimum Gasteiger partial charge on any atom is -0.465 e. The lowest BCUT2D eigenvalue weighted by atomic mass is 10.0. The number of rotatable bonds is 4. The molecule has 6 nitrogen and oxygen atoms in total. The average Bonchev–Trinajstić information content (AvgIpc) is 3.13. The van der Waals surface area contributed by atoms with E-state index < -0.39 is 5.97 Å². The Morgan fingerprint density at radius 3 is 2.42 bits per heavy atom. The van der Waals surface area contributed by atoms with Crippen LogP contribution in [0, 0.1) is 0 Å². The summed E-state index contributed by atoms with van der Waals surface area (Å²) in [4.78, 5) is 23.8. The van der Waals surface area contributed by atoms with Gasteiger partial charge in [0.15, 0.2) is 0 Å². The molecule has 6 heteroatoms. The van der Waals surface area contributed by atoms with Crippen LogP contribution in [0.5, 0.6) is 0 Å². The fourth-order valence-corrected chi connectivity index (χ4v) is 2.67. The van der Waals surface area contributed by atoms with Gasteiger partial charge in [0, 0.05) is 11.7 Å². The van der Waals surface area contributed by atoms with Crippen molar-refractivity contribution in [2.75, 3.05) is 12.4 Å². The minimum atomic E-state index is -0.403. The topological polar surface area (TPSA) is 79.5 Å². The molecule has 124 valence electrons. The zero-order valence-electron chi connectivity index (χ0n) is 13.3. The van der Waals surface area contributed by atoms with Crippen LogP contribution in [0.3, 0.4) is 0 Å². The van der Waals surface area contributed by atoms with Gasteiger partial charge in [-0.1, -0.05) is 30.3 Å². The molecule has 0 bridgehead atoms. The fraction of sp³-hybridized carbons (Fsp3) is 0.222. The monoisotopic (exact) mass is 325 g/mol. The van der Waals surface area contributed by atoms with E-state index in [0.29, 0.717) is 17.7 Å². The molecule has 2 unspecified atom stereocenters. The molecule has 24 heavy (non-hydrogen) atoms. The Hall–Kier alpha value is -2.70. The summed E-state index contributed by atoms with van der Waals surface area (Å²) in [6, 6.07) is 16.4. The van der Waals surface area contributed by atoms with Gasteiger partial charge in [0.2, 0.25) is 5.91 Å². The van der Waals surface area contributed by atoms with Crippen LogP contribution in [0.15, 0.2) is 54.6 Å². The molecule has 0 aromatic heterocycles. The Balaban J connectivity index is 1.59. The van der Waals surface area contributed by atoms with Crippen molar-refractivity contribution in [1.82, 2.24) is 10.9 Å². The fourth-order valence-electron chi connectivity index (χ4n) is 2.67. The molecule has 1 heterocycles. The maximum absolute atomic E-state index is 12.4. The smallest absolute Gasteiger partial charge is 0.337 e. The molecule has 1 aliphatic rings. The second-order valence-electron chi connectivity index (χ2n) is 5.60. The Morgan fingerprint density at radius 1 is 1.04 bits per heavy atom. The Morgan fingerprint density at radius 2 is 1.75 bits per heavy atom. The third kappa shape index (κ3) is 3.61. The van der Waals surface area contributed by atoms with Crippen LogP contribution in [-0.4, -0.2) is 25.0 Å². The van der Waals surface area contributed by atoms with Crippen LogP contribution >= 0.6 is 0 Å². The number of ether oxygens (including phenoxy) is 1. The highest BCUT2D eigenvalue weighted by Gasteiger charge is 2.30. The number of carbonyl (C=O) groups excluding carboxylic acids is 2. The number of anilines is 1. The van der Waals surface area contributed by atoms with Crippen LogP contribution in [0.1, 0.15) is 28.4 Å². The quantitative estimate of drug-likeness (QED) is 0.750. The second kappa shape index (κ2) is 7.25. The van der Waals surface area contributed by atoms with E-state index in [0.717, 1.165) is 5.56 Å². The number of amides is 1. The van der Waals surface area contributed by atoms with Crippen LogP contribution in [0.4, 0.5) is 5.69 Å². The number of methoxy groups -OCH3 is 1. The molecule has 1 fully saturated rings. The first-order chi connectivity index (χ1) is 11.7. The zero-order chi connectivity index (χ0) is 16.9. The molecule has 2 aromatic rings. The van der Waals surface area contributed by atoms with Gasteiger partial charge in [-0.25, -0.2) is 15.6 Å². The Bertz CT molecular complexity index is 716. The molecule has 0 saturated carbocycles. The van der Waals surface area contributed by atoms with E-state index in [1.165, 1.54) is 7.11 Å². The third-order valence-corrected chi connectivity index (χ3v) is 4.00. The highest BCUT2D eigenvalue weighted by atomic mass is 16.5. The average molecular weight is 325 g/mol. The van der Waals surface area contributed by atoms with Gasteiger partial charge in [0.05, 0.1) is 12.7 Å². The summed E-state index contributed by atoms with van der Waals surface area (Å²) in [6.07, 6.45) is 0.663. The normalized spacial score (nSPS) is 19.7. The predicted molar refractivity (Wildman–Crippen MR) is 90.3 cm³/mol. The summed E-state index contributed by atoms with van der Waals surface area (Å²) in [7, 11) is 1.33. The number of carbonyl (C=O) groups is 2. The van der Waals surface area contributed by atoms with Gasteiger partial charge >= 0.3 is 5.97 Å². The zero-order valence-corrected chi connectivity index (χ0v) is 13.3. The van der Waals surface area contributed by atoms with E-state index in [2.05, 4.69) is 20.9 Å². The van der Waals surface area contributed by atoms with Crippen molar-refractivity contribution in [3.05, 3.63) is 65.7 Å². The first-order valence-corrected chi connectivity index (χ1v) is 7.72. The van der Waals surface area contributed by atoms with Gasteiger partial charge in [-0.2, -0.15) is 0 Å². The van der Waals surface area contributed by atoms with Crippen molar-refractivity contribution in [2.24, 2.45) is 0 Å². The van der Waals surface area contributed by atoms with Gasteiger partial charge in [-0.05, 0) is 36.2 Å². The number of hydrazine groups is 1. The van der Waals surface area contributed by atoms with Crippen LogP contribution in [0.2, 0.25) is 0 Å². The number of hydrogen-bond acceptors (Lipinski definition) is 5. The second-order valence-corrected chi connectivity index (χ2v) is 5.60. The molecule has 0 radical (unpaired) electrons. The van der Waals surface area contributed by atoms with E-state index >= 15 is 0 Å². The van der Waals surface area contributed by atoms with Crippen molar-refractivity contribution in [3.63, 3.8) is 0 Å². The Kier molecular flexibility index (Phi) is 4.88. The summed E-state index contributed by atoms with van der Waals surface area (Å²) >= 11 is 0. The predicted octanol–water partition coefficient (Wildman–Crippen LogP) is 2.02. The molecular formula is C18H19N3O3. The maximum atomic E-state index is 12.4. The molecule has 2 aromatic carbocycles. The number of nitrogens with one attached hydrogen (secondary N) is 3. The third-order valence-electron chi connectivity index (χ3n) is 4.00.